The molecule has 0 bridgehead atoms. The van der Waals surface area contributed by atoms with Gasteiger partial charge in [-0.25, -0.2) is 0 Å². The molecule has 0 amide bonds. The summed E-state index contributed by atoms with van der Waals surface area (Å²) in [6.45, 7) is 1.96. The minimum atomic E-state index is 0.764. The van der Waals surface area contributed by atoms with E-state index in [4.69, 9.17) is 4.74 Å². The lowest BCUT2D eigenvalue weighted by Gasteiger charge is -2.25. The van der Waals surface area contributed by atoms with E-state index in [1.165, 1.54) is 30.6 Å². The van der Waals surface area contributed by atoms with Gasteiger partial charge in [0.1, 0.15) is 0 Å². The van der Waals surface area contributed by atoms with Crippen LogP contribution in [-0.2, 0) is 6.54 Å². The van der Waals surface area contributed by atoms with Crippen molar-refractivity contribution in [2.24, 2.45) is 5.92 Å². The predicted octanol–water partition coefficient (Wildman–Crippen LogP) is 2.50. The number of hydrogen-bond donors (Lipinski definition) is 1. The van der Waals surface area contributed by atoms with Gasteiger partial charge in [-0.1, -0.05) is 30.6 Å². The van der Waals surface area contributed by atoms with E-state index < -0.39 is 0 Å². The van der Waals surface area contributed by atoms with Gasteiger partial charge in [0.25, 0.3) is 0 Å². The van der Waals surface area contributed by atoms with Gasteiger partial charge in [-0.3, -0.25) is 0 Å². The Balaban J connectivity index is 1.79. The quantitative estimate of drug-likeness (QED) is 0.772. The molecule has 2 rings (SSSR count). The Labute approximate surface area is 113 Å². The lowest BCUT2D eigenvalue weighted by Crippen LogP contribution is -2.20. The zero-order valence-corrected chi connectivity index (χ0v) is 12.3. The number of methoxy groups -OCH3 is 1. The molecule has 18 heavy (non-hydrogen) atoms. The van der Waals surface area contributed by atoms with E-state index >= 15 is 0 Å². The first-order valence-electron chi connectivity index (χ1n) is 6.62. The van der Waals surface area contributed by atoms with Gasteiger partial charge in [-0.2, -0.15) is 4.98 Å². The Morgan fingerprint density at radius 3 is 2.78 bits per heavy atom. The SMILES string of the molecule is COc1nc(N(C)C)sc1CNCCC1CCC1. The summed E-state index contributed by atoms with van der Waals surface area (Å²) in [5.41, 5.74) is 0. The molecule has 4 nitrogen and oxygen atoms in total. The maximum Gasteiger partial charge on any atom is 0.230 e. The van der Waals surface area contributed by atoms with E-state index in [0.29, 0.717) is 0 Å². The summed E-state index contributed by atoms with van der Waals surface area (Å²) in [4.78, 5) is 7.66. The number of thiazole rings is 1. The van der Waals surface area contributed by atoms with Crippen molar-refractivity contribution in [3.63, 3.8) is 0 Å². The fourth-order valence-corrected chi connectivity index (χ4v) is 3.00. The third-order valence-electron chi connectivity index (χ3n) is 3.47. The average molecular weight is 269 g/mol. The van der Waals surface area contributed by atoms with Gasteiger partial charge in [0, 0.05) is 20.6 Å². The van der Waals surface area contributed by atoms with Crippen LogP contribution in [0.2, 0.25) is 0 Å². The molecule has 0 atom stereocenters. The van der Waals surface area contributed by atoms with Gasteiger partial charge in [0.05, 0.1) is 12.0 Å². The van der Waals surface area contributed by atoms with E-state index in [0.717, 1.165) is 30.0 Å². The van der Waals surface area contributed by atoms with E-state index in [1.54, 1.807) is 18.4 Å². The van der Waals surface area contributed by atoms with Gasteiger partial charge in [0.2, 0.25) is 5.88 Å². The lowest BCUT2D eigenvalue weighted by atomic mass is 9.83. The molecule has 102 valence electrons. The second-order valence-electron chi connectivity index (χ2n) is 5.09. The Bertz CT molecular complexity index is 374. The fourth-order valence-electron chi connectivity index (χ4n) is 2.08. The molecule has 1 aliphatic rings. The zero-order valence-electron chi connectivity index (χ0n) is 11.5. The highest BCUT2D eigenvalue weighted by Gasteiger charge is 2.17. The van der Waals surface area contributed by atoms with Crippen LogP contribution in [0.4, 0.5) is 5.13 Å². The molecule has 1 fully saturated rings. The Morgan fingerprint density at radius 2 is 2.22 bits per heavy atom. The standard InChI is InChI=1S/C13H23N3OS/c1-16(2)13-15-12(17-3)11(18-13)9-14-8-7-10-5-4-6-10/h10,14H,4-9H2,1-3H3. The number of hydrogen-bond acceptors (Lipinski definition) is 5. The highest BCUT2D eigenvalue weighted by atomic mass is 32.1. The van der Waals surface area contributed by atoms with Crippen molar-refractivity contribution in [2.75, 3.05) is 32.6 Å². The number of ether oxygens (including phenoxy) is 1. The third-order valence-corrected chi connectivity index (χ3v) is 4.67. The van der Waals surface area contributed by atoms with Gasteiger partial charge in [-0.15, -0.1) is 0 Å². The number of anilines is 1. The van der Waals surface area contributed by atoms with Crippen molar-refractivity contribution in [1.82, 2.24) is 10.3 Å². The molecular formula is C13H23N3OS. The van der Waals surface area contributed by atoms with E-state index in [9.17, 15) is 0 Å². The van der Waals surface area contributed by atoms with Crippen molar-refractivity contribution in [3.05, 3.63) is 4.88 Å². The molecule has 0 spiro atoms. The van der Waals surface area contributed by atoms with Crippen LogP contribution in [0.1, 0.15) is 30.6 Å². The van der Waals surface area contributed by atoms with Gasteiger partial charge in [-0.05, 0) is 18.9 Å². The zero-order chi connectivity index (χ0) is 13.0. The minimum absolute atomic E-state index is 0.764. The maximum absolute atomic E-state index is 5.32. The van der Waals surface area contributed by atoms with Crippen LogP contribution in [0.5, 0.6) is 5.88 Å². The van der Waals surface area contributed by atoms with Crippen molar-refractivity contribution in [1.29, 1.82) is 0 Å². The largest absolute Gasteiger partial charge is 0.480 e. The molecule has 1 N–H and O–H groups in total. The fraction of sp³-hybridized carbons (Fsp3) is 0.769. The first-order valence-corrected chi connectivity index (χ1v) is 7.44. The van der Waals surface area contributed by atoms with Gasteiger partial charge >= 0.3 is 0 Å². The molecule has 1 aromatic heterocycles. The first-order chi connectivity index (χ1) is 8.70. The van der Waals surface area contributed by atoms with Crippen molar-refractivity contribution in [2.45, 2.75) is 32.2 Å². The van der Waals surface area contributed by atoms with Crippen LogP contribution in [0.15, 0.2) is 0 Å². The normalized spacial score (nSPS) is 15.5. The van der Waals surface area contributed by atoms with Crippen molar-refractivity contribution >= 4 is 16.5 Å². The molecule has 1 aromatic rings. The molecule has 0 saturated heterocycles. The van der Waals surface area contributed by atoms with Gasteiger partial charge < -0.3 is 15.0 Å². The average Bonchev–Trinajstić information content (AvgIpc) is 2.69. The minimum Gasteiger partial charge on any atom is -0.480 e. The van der Waals surface area contributed by atoms with Crippen molar-refractivity contribution in [3.8, 4) is 5.88 Å². The Hall–Kier alpha value is -0.810. The van der Waals surface area contributed by atoms with Crippen LogP contribution in [0.3, 0.4) is 0 Å². The molecule has 0 aromatic carbocycles. The number of nitrogens with zero attached hydrogens (tertiary/aromatic N) is 2. The highest BCUT2D eigenvalue weighted by Crippen LogP contribution is 2.31. The lowest BCUT2D eigenvalue weighted by molar-refractivity contribution is 0.292. The Morgan fingerprint density at radius 1 is 1.44 bits per heavy atom. The summed E-state index contributed by atoms with van der Waals surface area (Å²) in [6, 6.07) is 0. The summed E-state index contributed by atoms with van der Waals surface area (Å²) in [7, 11) is 5.70. The van der Waals surface area contributed by atoms with Crippen LogP contribution in [0.25, 0.3) is 0 Å². The summed E-state index contributed by atoms with van der Waals surface area (Å²) in [5, 5.41) is 4.50. The van der Waals surface area contributed by atoms with Gasteiger partial charge in [0.15, 0.2) is 5.13 Å². The molecule has 0 radical (unpaired) electrons. The molecule has 5 heteroatoms. The summed E-state index contributed by atoms with van der Waals surface area (Å²) in [6.07, 6.45) is 5.59. The molecule has 0 aliphatic heterocycles. The molecule has 1 heterocycles. The molecule has 0 unspecified atom stereocenters. The topological polar surface area (TPSA) is 37.4 Å². The first kappa shape index (κ1) is 13.6. The second kappa shape index (κ2) is 6.38. The predicted molar refractivity (Wildman–Crippen MR) is 76.7 cm³/mol. The number of aromatic nitrogens is 1. The summed E-state index contributed by atoms with van der Waals surface area (Å²) < 4.78 is 5.32. The Kier molecular flexibility index (Phi) is 4.83. The molecule has 1 aliphatic carbocycles. The maximum atomic E-state index is 5.32. The van der Waals surface area contributed by atoms with Crippen LogP contribution in [0, 0.1) is 5.92 Å². The second-order valence-corrected chi connectivity index (χ2v) is 6.15. The summed E-state index contributed by atoms with van der Waals surface area (Å²) in [5.74, 6) is 1.73. The molecular weight excluding hydrogens is 246 g/mol. The van der Waals surface area contributed by atoms with Crippen molar-refractivity contribution < 1.29 is 4.74 Å². The van der Waals surface area contributed by atoms with Crippen LogP contribution < -0.4 is 15.0 Å². The third kappa shape index (κ3) is 3.36. The summed E-state index contributed by atoms with van der Waals surface area (Å²) >= 11 is 1.70. The van der Waals surface area contributed by atoms with Crippen LogP contribution in [-0.4, -0.2) is 32.7 Å². The monoisotopic (exact) mass is 269 g/mol. The van der Waals surface area contributed by atoms with E-state index in [1.807, 2.05) is 19.0 Å². The van der Waals surface area contributed by atoms with E-state index in [2.05, 4.69) is 10.3 Å². The highest BCUT2D eigenvalue weighted by molar-refractivity contribution is 7.15. The van der Waals surface area contributed by atoms with Crippen LogP contribution >= 0.6 is 11.3 Å². The number of nitrogens with one attached hydrogen (secondary N) is 1. The molecule has 1 saturated carbocycles. The van der Waals surface area contributed by atoms with E-state index in [-0.39, 0.29) is 0 Å². The number of rotatable bonds is 7. The smallest absolute Gasteiger partial charge is 0.230 e.